The van der Waals surface area contributed by atoms with Gasteiger partial charge in [-0.05, 0) is 68.0 Å². The number of rotatable bonds is 6. The van der Waals surface area contributed by atoms with Gasteiger partial charge in [0.15, 0.2) is 11.6 Å². The third-order valence-corrected chi connectivity index (χ3v) is 4.29. The summed E-state index contributed by atoms with van der Waals surface area (Å²) in [6.45, 7) is 4.97. The summed E-state index contributed by atoms with van der Waals surface area (Å²) >= 11 is 0. The SMILES string of the molecule is CCN(C)/C=N\c1cc(C)c(Oc2ccccc2F)cc1C1CC1. The Morgan fingerprint density at radius 1 is 1.25 bits per heavy atom. The van der Waals surface area contributed by atoms with Crippen molar-refractivity contribution in [1.29, 1.82) is 0 Å². The Morgan fingerprint density at radius 3 is 2.67 bits per heavy atom. The molecule has 1 aliphatic rings. The molecule has 0 aromatic heterocycles. The molecular weight excluding hydrogens is 303 g/mol. The number of halogens is 1. The molecule has 0 atom stereocenters. The van der Waals surface area contributed by atoms with Gasteiger partial charge in [-0.2, -0.15) is 0 Å². The first kappa shape index (κ1) is 16.5. The second-order valence-electron chi connectivity index (χ2n) is 6.30. The van der Waals surface area contributed by atoms with Crippen LogP contribution in [0.3, 0.4) is 0 Å². The molecule has 0 unspecified atom stereocenters. The van der Waals surface area contributed by atoms with E-state index in [9.17, 15) is 4.39 Å². The van der Waals surface area contributed by atoms with Crippen molar-refractivity contribution in [3.63, 3.8) is 0 Å². The first-order valence-corrected chi connectivity index (χ1v) is 8.40. The molecule has 126 valence electrons. The molecule has 0 radical (unpaired) electrons. The molecule has 4 heteroatoms. The summed E-state index contributed by atoms with van der Waals surface area (Å²) < 4.78 is 19.7. The van der Waals surface area contributed by atoms with Crippen molar-refractivity contribution >= 4 is 12.0 Å². The monoisotopic (exact) mass is 326 g/mol. The number of aliphatic imine (C=N–C) groups is 1. The zero-order valence-corrected chi connectivity index (χ0v) is 14.4. The molecule has 0 N–H and O–H groups in total. The van der Waals surface area contributed by atoms with E-state index in [-0.39, 0.29) is 11.6 Å². The molecule has 0 spiro atoms. The number of benzene rings is 2. The standard InChI is InChI=1S/C20H23FN2O/c1-4-23(3)13-22-18-11-14(2)20(12-16(18)15-9-10-15)24-19-8-6-5-7-17(19)21/h5-8,11-13,15H,4,9-10H2,1-3H3/b22-13-. The predicted octanol–water partition coefficient (Wildman–Crippen LogP) is 5.42. The van der Waals surface area contributed by atoms with Gasteiger partial charge in [-0.1, -0.05) is 12.1 Å². The minimum atomic E-state index is -0.350. The molecule has 1 saturated carbocycles. The molecule has 1 aliphatic carbocycles. The lowest BCUT2D eigenvalue weighted by molar-refractivity contribution is 0.439. The molecule has 2 aromatic carbocycles. The second kappa shape index (κ2) is 7.04. The molecule has 2 aromatic rings. The van der Waals surface area contributed by atoms with Crippen LogP contribution in [0.1, 0.15) is 36.8 Å². The van der Waals surface area contributed by atoms with E-state index in [1.165, 1.54) is 24.5 Å². The molecular formula is C20H23FN2O. The van der Waals surface area contributed by atoms with Crippen molar-refractivity contribution in [3.05, 3.63) is 53.3 Å². The van der Waals surface area contributed by atoms with E-state index in [2.05, 4.69) is 11.9 Å². The molecule has 0 bridgehead atoms. The van der Waals surface area contributed by atoms with Crippen molar-refractivity contribution in [2.75, 3.05) is 13.6 Å². The summed E-state index contributed by atoms with van der Waals surface area (Å²) in [6, 6.07) is 10.5. The Labute approximate surface area is 142 Å². The van der Waals surface area contributed by atoms with E-state index in [4.69, 9.17) is 4.74 Å². The summed E-state index contributed by atoms with van der Waals surface area (Å²) in [6.07, 6.45) is 4.21. The topological polar surface area (TPSA) is 24.8 Å². The van der Waals surface area contributed by atoms with Gasteiger partial charge in [0, 0.05) is 13.6 Å². The van der Waals surface area contributed by atoms with Crippen LogP contribution in [0.4, 0.5) is 10.1 Å². The molecule has 3 nitrogen and oxygen atoms in total. The molecule has 0 amide bonds. The van der Waals surface area contributed by atoms with Gasteiger partial charge < -0.3 is 9.64 Å². The number of para-hydroxylation sites is 1. The van der Waals surface area contributed by atoms with Gasteiger partial charge in [0.2, 0.25) is 0 Å². The third-order valence-electron chi connectivity index (χ3n) is 4.29. The fourth-order valence-electron chi connectivity index (χ4n) is 2.52. The zero-order valence-electron chi connectivity index (χ0n) is 14.4. The van der Waals surface area contributed by atoms with Gasteiger partial charge >= 0.3 is 0 Å². The summed E-state index contributed by atoms with van der Waals surface area (Å²) in [7, 11) is 2.00. The molecule has 0 heterocycles. The quantitative estimate of drug-likeness (QED) is 0.523. The Morgan fingerprint density at radius 2 is 2.00 bits per heavy atom. The Balaban J connectivity index is 1.93. The highest BCUT2D eigenvalue weighted by Gasteiger charge is 2.27. The smallest absolute Gasteiger partial charge is 0.165 e. The van der Waals surface area contributed by atoms with Gasteiger partial charge in [-0.15, -0.1) is 0 Å². The van der Waals surface area contributed by atoms with Gasteiger partial charge in [-0.3, -0.25) is 0 Å². The van der Waals surface area contributed by atoms with Gasteiger partial charge in [-0.25, -0.2) is 9.38 Å². The number of aryl methyl sites for hydroxylation is 1. The molecule has 1 fully saturated rings. The van der Waals surface area contributed by atoms with E-state index in [0.29, 0.717) is 11.7 Å². The van der Waals surface area contributed by atoms with Crippen LogP contribution >= 0.6 is 0 Å². The Hall–Kier alpha value is -2.36. The van der Waals surface area contributed by atoms with Crippen molar-refractivity contribution in [2.45, 2.75) is 32.6 Å². The summed E-state index contributed by atoms with van der Waals surface area (Å²) in [4.78, 5) is 6.67. The van der Waals surface area contributed by atoms with E-state index in [1.54, 1.807) is 18.2 Å². The first-order chi connectivity index (χ1) is 11.6. The average Bonchev–Trinajstić information content (AvgIpc) is 3.41. The van der Waals surface area contributed by atoms with Crippen molar-refractivity contribution in [3.8, 4) is 11.5 Å². The number of nitrogens with zero attached hydrogens (tertiary/aromatic N) is 2. The maximum absolute atomic E-state index is 13.9. The van der Waals surface area contributed by atoms with E-state index in [0.717, 1.165) is 17.8 Å². The van der Waals surface area contributed by atoms with Crippen LogP contribution in [0, 0.1) is 12.7 Å². The lowest BCUT2D eigenvalue weighted by Gasteiger charge is -2.14. The molecule has 0 aliphatic heterocycles. The van der Waals surface area contributed by atoms with Crippen LogP contribution in [0.5, 0.6) is 11.5 Å². The Kier molecular flexibility index (Phi) is 4.84. The van der Waals surface area contributed by atoms with Crippen LogP contribution in [-0.2, 0) is 0 Å². The molecule has 3 rings (SSSR count). The maximum atomic E-state index is 13.9. The first-order valence-electron chi connectivity index (χ1n) is 8.40. The lowest BCUT2D eigenvalue weighted by Crippen LogP contribution is -2.14. The lowest BCUT2D eigenvalue weighted by atomic mass is 10.0. The van der Waals surface area contributed by atoms with Gasteiger partial charge in [0.05, 0.1) is 12.0 Å². The molecule has 24 heavy (non-hydrogen) atoms. The number of hydrogen-bond acceptors (Lipinski definition) is 2. The van der Waals surface area contributed by atoms with Crippen LogP contribution in [-0.4, -0.2) is 24.8 Å². The average molecular weight is 326 g/mol. The highest BCUT2D eigenvalue weighted by Crippen LogP contribution is 2.46. The van der Waals surface area contributed by atoms with E-state index < -0.39 is 0 Å². The fraction of sp³-hybridized carbons (Fsp3) is 0.350. The number of hydrogen-bond donors (Lipinski definition) is 0. The van der Waals surface area contributed by atoms with Crippen LogP contribution in [0.15, 0.2) is 41.4 Å². The van der Waals surface area contributed by atoms with Crippen LogP contribution in [0.25, 0.3) is 0 Å². The van der Waals surface area contributed by atoms with Crippen LogP contribution in [0.2, 0.25) is 0 Å². The number of ether oxygens (including phenoxy) is 1. The van der Waals surface area contributed by atoms with Gasteiger partial charge in [0.25, 0.3) is 0 Å². The second-order valence-corrected chi connectivity index (χ2v) is 6.30. The Bertz CT molecular complexity index is 753. The van der Waals surface area contributed by atoms with Crippen molar-refractivity contribution < 1.29 is 9.13 Å². The largest absolute Gasteiger partial charge is 0.454 e. The fourth-order valence-corrected chi connectivity index (χ4v) is 2.52. The van der Waals surface area contributed by atoms with Crippen LogP contribution < -0.4 is 4.74 Å². The summed E-state index contributed by atoms with van der Waals surface area (Å²) in [5.74, 6) is 1.14. The summed E-state index contributed by atoms with van der Waals surface area (Å²) in [5, 5.41) is 0. The van der Waals surface area contributed by atoms with Crippen molar-refractivity contribution in [2.24, 2.45) is 4.99 Å². The van der Waals surface area contributed by atoms with E-state index >= 15 is 0 Å². The van der Waals surface area contributed by atoms with Crippen molar-refractivity contribution in [1.82, 2.24) is 4.90 Å². The van der Waals surface area contributed by atoms with E-state index in [1.807, 2.05) is 37.3 Å². The molecule has 0 saturated heterocycles. The summed E-state index contributed by atoms with van der Waals surface area (Å²) in [5.41, 5.74) is 3.12. The normalized spacial score (nSPS) is 14.2. The zero-order chi connectivity index (χ0) is 17.1. The highest BCUT2D eigenvalue weighted by molar-refractivity contribution is 5.66. The minimum Gasteiger partial charge on any atom is -0.454 e. The predicted molar refractivity (Wildman–Crippen MR) is 96.1 cm³/mol. The highest BCUT2D eigenvalue weighted by atomic mass is 19.1. The third kappa shape index (κ3) is 3.75. The maximum Gasteiger partial charge on any atom is 0.165 e. The van der Waals surface area contributed by atoms with Gasteiger partial charge in [0.1, 0.15) is 5.75 Å². The minimum absolute atomic E-state index is 0.254.